The first-order valence-electron chi connectivity index (χ1n) is 9.23. The quantitative estimate of drug-likeness (QED) is 0.725. The number of fused-ring (bicyclic) bond motifs is 1. The molecule has 27 heavy (non-hydrogen) atoms. The highest BCUT2D eigenvalue weighted by Gasteiger charge is 2.25. The maximum absolute atomic E-state index is 11.5. The number of piperidine rings is 1. The van der Waals surface area contributed by atoms with Gasteiger partial charge in [0.2, 0.25) is 5.91 Å². The smallest absolute Gasteiger partial charge is 0.220 e. The van der Waals surface area contributed by atoms with Crippen molar-refractivity contribution in [2.75, 3.05) is 18.0 Å². The van der Waals surface area contributed by atoms with Crippen LogP contribution < -0.4 is 10.6 Å². The predicted molar refractivity (Wildman–Crippen MR) is 111 cm³/mol. The van der Waals surface area contributed by atoms with Crippen molar-refractivity contribution in [2.45, 2.75) is 19.8 Å². The number of nitrogens with two attached hydrogens (primary N) is 1. The Morgan fingerprint density at radius 2 is 1.85 bits per heavy atom. The molecule has 1 saturated heterocycles. The van der Waals surface area contributed by atoms with Crippen LogP contribution in [0.4, 0.5) is 5.69 Å². The second kappa shape index (κ2) is 7.20. The number of aromatic nitrogens is 1. The van der Waals surface area contributed by atoms with Crippen LogP contribution in [0.15, 0.2) is 48.5 Å². The summed E-state index contributed by atoms with van der Waals surface area (Å²) in [6.45, 7) is 3.73. The van der Waals surface area contributed by atoms with Crippen LogP contribution in [-0.4, -0.2) is 24.0 Å². The lowest BCUT2D eigenvalue weighted by Gasteiger charge is -2.33. The SMILES string of the molecule is Cc1cccc2c(N3CCC(C(N)=O)CC3)cc(-c3ccc(Cl)cc3)nc12. The number of amides is 1. The highest BCUT2D eigenvalue weighted by molar-refractivity contribution is 6.30. The molecule has 138 valence electrons. The second-order valence-electron chi connectivity index (χ2n) is 7.17. The van der Waals surface area contributed by atoms with E-state index in [-0.39, 0.29) is 11.8 Å². The van der Waals surface area contributed by atoms with Gasteiger partial charge in [0.05, 0.1) is 11.2 Å². The molecule has 4 nitrogen and oxygen atoms in total. The Balaban J connectivity index is 1.80. The average Bonchev–Trinajstić information content (AvgIpc) is 2.68. The lowest BCUT2D eigenvalue weighted by Crippen LogP contribution is -2.38. The molecule has 2 heterocycles. The number of benzene rings is 2. The molecular formula is C22H22ClN3O. The normalized spacial score (nSPS) is 15.3. The first-order valence-corrected chi connectivity index (χ1v) is 9.61. The molecule has 1 amide bonds. The van der Waals surface area contributed by atoms with Gasteiger partial charge in [-0.05, 0) is 43.5 Å². The molecule has 0 spiro atoms. The number of rotatable bonds is 3. The summed E-state index contributed by atoms with van der Waals surface area (Å²) in [5.74, 6) is -0.209. The molecule has 4 rings (SSSR count). The Hall–Kier alpha value is -2.59. The molecule has 1 aliphatic heterocycles. The van der Waals surface area contributed by atoms with E-state index in [4.69, 9.17) is 22.3 Å². The summed E-state index contributed by atoms with van der Waals surface area (Å²) >= 11 is 6.05. The van der Waals surface area contributed by atoms with Gasteiger partial charge in [-0.2, -0.15) is 0 Å². The first-order chi connectivity index (χ1) is 13.0. The fraction of sp³-hybridized carbons (Fsp3) is 0.273. The van der Waals surface area contributed by atoms with Gasteiger partial charge in [-0.25, -0.2) is 4.98 Å². The van der Waals surface area contributed by atoms with E-state index >= 15 is 0 Å². The van der Waals surface area contributed by atoms with Crippen molar-refractivity contribution in [1.82, 2.24) is 4.98 Å². The van der Waals surface area contributed by atoms with Gasteiger partial charge >= 0.3 is 0 Å². The zero-order chi connectivity index (χ0) is 19.0. The van der Waals surface area contributed by atoms with Crippen molar-refractivity contribution < 1.29 is 4.79 Å². The maximum atomic E-state index is 11.5. The molecule has 2 aromatic carbocycles. The number of nitrogens with zero attached hydrogens (tertiary/aromatic N) is 2. The molecule has 0 radical (unpaired) electrons. The number of hydrogen-bond acceptors (Lipinski definition) is 3. The van der Waals surface area contributed by atoms with Gasteiger partial charge in [0.15, 0.2) is 0 Å². The molecule has 0 bridgehead atoms. The second-order valence-corrected chi connectivity index (χ2v) is 7.60. The van der Waals surface area contributed by atoms with E-state index in [9.17, 15) is 4.79 Å². The number of aryl methyl sites for hydroxylation is 1. The van der Waals surface area contributed by atoms with Gasteiger partial charge in [0.1, 0.15) is 0 Å². The van der Waals surface area contributed by atoms with Crippen molar-refractivity contribution in [3.05, 3.63) is 59.1 Å². The topological polar surface area (TPSA) is 59.2 Å². The summed E-state index contributed by atoms with van der Waals surface area (Å²) in [6.07, 6.45) is 1.59. The molecule has 1 aliphatic rings. The highest BCUT2D eigenvalue weighted by atomic mass is 35.5. The first kappa shape index (κ1) is 17.8. The Bertz CT molecular complexity index is 992. The third-order valence-electron chi connectivity index (χ3n) is 5.40. The minimum atomic E-state index is -0.188. The number of anilines is 1. The molecule has 0 aliphatic carbocycles. The Morgan fingerprint density at radius 3 is 2.52 bits per heavy atom. The molecule has 2 N–H and O–H groups in total. The van der Waals surface area contributed by atoms with E-state index in [2.05, 4.69) is 36.1 Å². The Kier molecular flexibility index (Phi) is 4.75. The predicted octanol–water partition coefficient (Wildman–Crippen LogP) is 4.57. The monoisotopic (exact) mass is 379 g/mol. The highest BCUT2D eigenvalue weighted by Crippen LogP contribution is 2.34. The van der Waals surface area contributed by atoms with Crippen LogP contribution in [0.5, 0.6) is 0 Å². The standard InChI is InChI=1S/C22H22ClN3O/c1-14-3-2-4-18-20(26-11-9-16(10-12-26)22(24)27)13-19(25-21(14)18)15-5-7-17(23)8-6-15/h2-8,13,16H,9-12H2,1H3,(H2,24,27). The summed E-state index contributed by atoms with van der Waals surface area (Å²) in [5.41, 5.74) is 10.8. The largest absolute Gasteiger partial charge is 0.371 e. The van der Waals surface area contributed by atoms with Crippen molar-refractivity contribution in [3.8, 4) is 11.3 Å². The molecule has 0 saturated carbocycles. The van der Waals surface area contributed by atoms with Crippen molar-refractivity contribution in [2.24, 2.45) is 11.7 Å². The van der Waals surface area contributed by atoms with Gasteiger partial charge in [-0.15, -0.1) is 0 Å². The number of hydrogen-bond donors (Lipinski definition) is 1. The van der Waals surface area contributed by atoms with E-state index in [0.29, 0.717) is 5.02 Å². The van der Waals surface area contributed by atoms with Crippen molar-refractivity contribution in [3.63, 3.8) is 0 Å². The van der Waals surface area contributed by atoms with Crippen LogP contribution in [0.1, 0.15) is 18.4 Å². The zero-order valence-electron chi connectivity index (χ0n) is 15.3. The number of primary amides is 1. The Morgan fingerprint density at radius 1 is 1.15 bits per heavy atom. The lowest BCUT2D eigenvalue weighted by atomic mass is 9.95. The molecule has 3 aromatic rings. The van der Waals surface area contributed by atoms with Gasteiger partial charge in [0, 0.05) is 40.7 Å². The van der Waals surface area contributed by atoms with E-state index in [1.165, 1.54) is 0 Å². The molecule has 1 fully saturated rings. The zero-order valence-corrected chi connectivity index (χ0v) is 16.0. The van der Waals surface area contributed by atoms with Gasteiger partial charge < -0.3 is 10.6 Å². The minimum Gasteiger partial charge on any atom is -0.371 e. The molecule has 0 unspecified atom stereocenters. The van der Waals surface area contributed by atoms with E-state index in [1.54, 1.807) is 0 Å². The maximum Gasteiger partial charge on any atom is 0.220 e. The Labute approximate surface area is 164 Å². The molecule has 1 aromatic heterocycles. The number of para-hydroxylation sites is 1. The van der Waals surface area contributed by atoms with Crippen LogP contribution in [0.25, 0.3) is 22.2 Å². The number of halogens is 1. The number of carbonyl (C=O) groups excluding carboxylic acids is 1. The van der Waals surface area contributed by atoms with E-state index in [1.807, 2.05) is 24.3 Å². The van der Waals surface area contributed by atoms with Crippen molar-refractivity contribution in [1.29, 1.82) is 0 Å². The van der Waals surface area contributed by atoms with Crippen LogP contribution in [-0.2, 0) is 4.79 Å². The minimum absolute atomic E-state index is 0.0215. The molecule has 5 heteroatoms. The summed E-state index contributed by atoms with van der Waals surface area (Å²) < 4.78 is 0. The summed E-state index contributed by atoms with van der Waals surface area (Å²) in [5, 5.41) is 1.86. The lowest BCUT2D eigenvalue weighted by molar-refractivity contribution is -0.122. The fourth-order valence-electron chi connectivity index (χ4n) is 3.81. The van der Waals surface area contributed by atoms with E-state index in [0.717, 1.165) is 59.3 Å². The van der Waals surface area contributed by atoms with Gasteiger partial charge in [-0.1, -0.05) is 41.9 Å². The number of pyridine rings is 1. The van der Waals surface area contributed by atoms with Crippen LogP contribution >= 0.6 is 11.6 Å². The number of carbonyl (C=O) groups is 1. The van der Waals surface area contributed by atoms with Gasteiger partial charge in [0.25, 0.3) is 0 Å². The summed E-state index contributed by atoms with van der Waals surface area (Å²) in [7, 11) is 0. The molecule has 0 atom stereocenters. The summed E-state index contributed by atoms with van der Waals surface area (Å²) in [4.78, 5) is 18.8. The van der Waals surface area contributed by atoms with E-state index < -0.39 is 0 Å². The average molecular weight is 380 g/mol. The molecular weight excluding hydrogens is 358 g/mol. The van der Waals surface area contributed by atoms with Crippen LogP contribution in [0.3, 0.4) is 0 Å². The third-order valence-corrected chi connectivity index (χ3v) is 5.65. The van der Waals surface area contributed by atoms with Crippen LogP contribution in [0, 0.1) is 12.8 Å². The fourth-order valence-corrected chi connectivity index (χ4v) is 3.94. The van der Waals surface area contributed by atoms with Crippen LogP contribution in [0.2, 0.25) is 5.02 Å². The van der Waals surface area contributed by atoms with Crippen molar-refractivity contribution >= 4 is 34.1 Å². The summed E-state index contributed by atoms with van der Waals surface area (Å²) in [6, 6.07) is 16.2. The third kappa shape index (κ3) is 3.50. The van der Waals surface area contributed by atoms with Gasteiger partial charge in [-0.3, -0.25) is 4.79 Å².